The number of rotatable bonds is 4. The molecule has 2 unspecified atom stereocenters. The first-order valence-corrected chi connectivity index (χ1v) is 17.0. The molecule has 12 nitrogen and oxygen atoms in total. The van der Waals surface area contributed by atoms with Gasteiger partial charge in [-0.1, -0.05) is 24.3 Å². The molecule has 0 spiro atoms. The summed E-state index contributed by atoms with van der Waals surface area (Å²) in [6.45, 7) is 0. The maximum atomic E-state index is 10.9. The summed E-state index contributed by atoms with van der Waals surface area (Å²) in [6.07, 6.45) is 3.84. The first kappa shape index (κ1) is 39.0. The summed E-state index contributed by atoms with van der Waals surface area (Å²) in [7, 11) is 2.22. The van der Waals surface area contributed by atoms with Crippen LogP contribution in [0.1, 0.15) is 33.6 Å². The molecule has 3 aromatic carbocycles. The molecule has 0 saturated heterocycles. The van der Waals surface area contributed by atoms with Gasteiger partial charge >= 0.3 is 37.1 Å². The summed E-state index contributed by atoms with van der Waals surface area (Å²) in [5, 5.41) is 2.51. The molecule has 0 saturated carbocycles. The third kappa shape index (κ3) is 7.92. The van der Waals surface area contributed by atoms with E-state index in [0.29, 0.717) is 0 Å². The Morgan fingerprint density at radius 1 is 0.660 bits per heavy atom. The zero-order valence-electron chi connectivity index (χ0n) is 26.9. The standard InChI is InChI=1S/C30H22N4O2P2.2C2H5NO2.2V/c35-13-37-29-32-26-8-6-20-19-3-1-15-9-18-12-24-16(2-7-25-28(24)34-30(31-25)38-14-36)10-17(18)11-23(15)21(19)4-5-22(20)27(26)33-29;2*1-5-2(3)4;;/h4-5,9-12,37-38H,1-3,6-8H2,(H,31,34)(H,32,33);2*1H3,(H2,3,4);;/q-2;;;2*+2/p-2. The molecule has 16 heteroatoms. The summed E-state index contributed by atoms with van der Waals surface area (Å²) in [6, 6.07) is 17.8. The van der Waals surface area contributed by atoms with Gasteiger partial charge in [-0.15, -0.1) is 0 Å². The van der Waals surface area contributed by atoms with Gasteiger partial charge in [0.25, 0.3) is 0 Å². The smallest absolute Gasteiger partial charge is 0.632 e. The number of aryl methyl sites for hydroxylation is 4. The van der Waals surface area contributed by atoms with Crippen molar-refractivity contribution in [1.82, 2.24) is 19.9 Å². The topological polar surface area (TPSA) is 192 Å². The van der Waals surface area contributed by atoms with Crippen LogP contribution in [0.3, 0.4) is 0 Å². The fourth-order valence-corrected chi connectivity index (χ4v) is 7.63. The number of hydrogen-bond acceptors (Lipinski definition) is 8. The van der Waals surface area contributed by atoms with Gasteiger partial charge in [0, 0.05) is 22.5 Å². The van der Waals surface area contributed by atoms with Crippen LogP contribution < -0.4 is 11.1 Å². The van der Waals surface area contributed by atoms with Gasteiger partial charge in [0.2, 0.25) is 12.2 Å². The zero-order chi connectivity index (χ0) is 33.9. The van der Waals surface area contributed by atoms with E-state index in [1.165, 1.54) is 55.3 Å². The second-order valence-electron chi connectivity index (χ2n) is 11.2. The average molecular weight is 782 g/mol. The van der Waals surface area contributed by atoms with Crippen molar-refractivity contribution in [1.29, 1.82) is 0 Å². The largest absolute Gasteiger partial charge is 2.00 e. The number of aromatic amines is 2. The van der Waals surface area contributed by atoms with E-state index in [0.717, 1.165) is 86.7 Å². The second-order valence-corrected chi connectivity index (χ2v) is 13.1. The van der Waals surface area contributed by atoms with Crippen molar-refractivity contribution in [3.05, 3.63) is 81.5 Å². The van der Waals surface area contributed by atoms with Gasteiger partial charge in [-0.2, -0.15) is 17.2 Å². The van der Waals surface area contributed by atoms with Crippen LogP contribution in [0.5, 0.6) is 0 Å². The second kappa shape index (κ2) is 17.0. The molecule has 2 aromatic heterocycles. The Kier molecular flexibility index (Phi) is 13.3. The average Bonchev–Trinajstić information content (AvgIpc) is 3.71. The molecule has 0 fully saturated rings. The number of ether oxygens (including phenoxy) is 2. The fraction of sp³-hybridized carbons (Fsp3) is 0.235. The van der Waals surface area contributed by atoms with Gasteiger partial charge in [-0.3, -0.25) is 9.59 Å². The van der Waals surface area contributed by atoms with Gasteiger partial charge < -0.3 is 40.5 Å². The number of fused-ring (bicyclic) bond motifs is 11. The van der Waals surface area contributed by atoms with Gasteiger partial charge in [0.15, 0.2) is 0 Å². The normalized spacial score (nSPS) is 12.9. The van der Waals surface area contributed by atoms with E-state index in [9.17, 15) is 19.2 Å². The monoisotopic (exact) mass is 782 g/mol. The van der Waals surface area contributed by atoms with Gasteiger partial charge in [-0.25, -0.2) is 22.0 Å². The summed E-state index contributed by atoms with van der Waals surface area (Å²) in [5.41, 5.74) is 28.3. The summed E-state index contributed by atoms with van der Waals surface area (Å²) in [5.74, 6) is 0. The van der Waals surface area contributed by atoms with E-state index in [4.69, 9.17) is 21.4 Å². The minimum Gasteiger partial charge on any atom is -0.632 e. The van der Waals surface area contributed by atoms with Gasteiger partial charge in [0.05, 0.1) is 36.7 Å². The molecule has 2 radical (unpaired) electrons. The van der Waals surface area contributed by atoms with Gasteiger partial charge in [0.1, 0.15) is 0 Å². The Bertz CT molecular complexity index is 2090. The Hall–Kier alpha value is -3.75. The quantitative estimate of drug-likeness (QED) is 0.166. The fourth-order valence-electron chi connectivity index (χ4n) is 6.68. The first-order chi connectivity index (χ1) is 23.2. The maximum absolute atomic E-state index is 10.9. The van der Waals surface area contributed by atoms with Crippen LogP contribution in [0, 0.1) is 0 Å². The molecular formula is C34H30N6O6P2V2. The Morgan fingerprint density at radius 3 is 1.62 bits per heavy atom. The minimum absolute atomic E-state index is 0. The minimum atomic E-state index is -0.995. The van der Waals surface area contributed by atoms with E-state index >= 15 is 0 Å². The number of nitrogens with one attached hydrogen (secondary N) is 4. The van der Waals surface area contributed by atoms with Crippen LogP contribution in [0.4, 0.5) is 9.59 Å². The Balaban J connectivity index is 0.000000416. The molecule has 2 amide bonds. The number of H-pyrrole nitrogens is 2. The number of hydrogen-bond donors (Lipinski definition) is 2. The predicted octanol–water partition coefficient (Wildman–Crippen LogP) is 5.93. The molecule has 2 atom stereocenters. The van der Waals surface area contributed by atoms with E-state index < -0.39 is 12.2 Å². The number of nitrogens with zero attached hydrogens (tertiary/aromatic N) is 2. The van der Waals surface area contributed by atoms with Crippen molar-refractivity contribution < 1.29 is 65.8 Å². The molecule has 5 aromatic rings. The van der Waals surface area contributed by atoms with E-state index in [-0.39, 0.29) is 54.3 Å². The van der Waals surface area contributed by atoms with Crippen molar-refractivity contribution in [3.8, 4) is 33.6 Å². The number of imidazole rings is 2. The molecule has 3 aliphatic rings. The van der Waals surface area contributed by atoms with Crippen LogP contribution in [0.15, 0.2) is 36.4 Å². The maximum Gasteiger partial charge on any atom is 2.00 e. The van der Waals surface area contributed by atoms with Crippen molar-refractivity contribution >= 4 is 63.3 Å². The number of methoxy groups -OCH3 is 2. The summed E-state index contributed by atoms with van der Waals surface area (Å²) in [4.78, 5) is 56.5. The molecule has 50 heavy (non-hydrogen) atoms. The molecular weight excluding hydrogens is 752 g/mol. The van der Waals surface area contributed by atoms with E-state index in [1.54, 1.807) is 0 Å². The zero-order valence-corrected chi connectivity index (χ0v) is 31.7. The first-order valence-electron chi connectivity index (χ1n) is 15.0. The van der Waals surface area contributed by atoms with Crippen molar-refractivity contribution in [2.45, 2.75) is 38.5 Å². The number of aromatic nitrogens is 4. The number of carbonyl (C=O) groups excluding carboxylic acids is 4. The van der Waals surface area contributed by atoms with Crippen LogP contribution in [-0.2, 0) is 94.7 Å². The number of amides is 2. The van der Waals surface area contributed by atoms with E-state index in [1.807, 2.05) is 12.1 Å². The van der Waals surface area contributed by atoms with Crippen LogP contribution in [0.25, 0.3) is 55.9 Å². The van der Waals surface area contributed by atoms with Crippen LogP contribution in [-0.4, -0.2) is 58.4 Å². The number of carbonyl (C=O) groups is 2. The predicted molar refractivity (Wildman–Crippen MR) is 188 cm³/mol. The van der Waals surface area contributed by atoms with E-state index in [2.05, 4.69) is 55.8 Å². The number of benzene rings is 3. The van der Waals surface area contributed by atoms with Crippen LogP contribution in [0.2, 0.25) is 0 Å². The molecule has 3 aliphatic carbocycles. The molecule has 252 valence electrons. The molecule has 8 rings (SSSR count). The Morgan fingerprint density at radius 2 is 1.08 bits per heavy atom. The molecule has 0 bridgehead atoms. The van der Waals surface area contributed by atoms with Gasteiger partial charge in [-0.05, 0) is 94.8 Å². The summed E-state index contributed by atoms with van der Waals surface area (Å²) >= 11 is 0. The molecule has 2 heterocycles. The summed E-state index contributed by atoms with van der Waals surface area (Å²) < 4.78 is 7.56. The molecule has 4 N–H and O–H groups in total. The molecule has 0 aliphatic heterocycles. The van der Waals surface area contributed by atoms with Crippen molar-refractivity contribution in [2.75, 3.05) is 14.2 Å². The third-order valence-electron chi connectivity index (χ3n) is 8.70. The Labute approximate surface area is 315 Å². The van der Waals surface area contributed by atoms with Crippen LogP contribution >= 0.6 is 17.2 Å². The third-order valence-corrected chi connectivity index (χ3v) is 9.85. The van der Waals surface area contributed by atoms with Crippen molar-refractivity contribution in [3.63, 3.8) is 0 Å². The van der Waals surface area contributed by atoms with Crippen molar-refractivity contribution in [2.24, 2.45) is 0 Å². The SMILES string of the molecule is COC([NH-])=O.COC([NH-])=O.O=[C-]Pc1nc2c([nH]1)CCc1cc3cc4c(cc3cc1-2)CCc1c-4ccc2c1CCc1[nH]c(P[C-]=O)nc1-2.[V+2].[V+2].